The van der Waals surface area contributed by atoms with E-state index in [1.54, 1.807) is 41.3 Å². The van der Waals surface area contributed by atoms with Gasteiger partial charge in [0.2, 0.25) is 11.8 Å². The molecular formula is C22H18F3N3O3. The molecule has 2 amide bonds. The molecule has 2 aromatic carbocycles. The Hall–Kier alpha value is -3.80. The summed E-state index contributed by atoms with van der Waals surface area (Å²) in [6.07, 6.45) is -0.270. The smallest absolute Gasteiger partial charge is 0.422 e. The summed E-state index contributed by atoms with van der Waals surface area (Å²) in [7, 11) is 0. The van der Waals surface area contributed by atoms with Gasteiger partial charge in [-0.25, -0.2) is 0 Å². The first-order chi connectivity index (χ1) is 14.7. The Morgan fingerprint density at radius 3 is 2.58 bits per heavy atom. The van der Waals surface area contributed by atoms with E-state index in [9.17, 15) is 22.8 Å². The van der Waals surface area contributed by atoms with E-state index in [1.165, 1.54) is 24.3 Å². The van der Waals surface area contributed by atoms with Gasteiger partial charge in [-0.1, -0.05) is 12.1 Å². The van der Waals surface area contributed by atoms with Gasteiger partial charge in [-0.15, -0.1) is 0 Å². The maximum atomic E-state index is 12.3. The minimum Gasteiger partial charge on any atom is -0.483 e. The molecule has 1 saturated heterocycles. The average Bonchev–Trinajstić information content (AvgIpc) is 3.17. The maximum Gasteiger partial charge on any atom is 0.422 e. The van der Waals surface area contributed by atoms with Crippen molar-refractivity contribution in [1.82, 2.24) is 0 Å². The number of nitriles is 1. The Morgan fingerprint density at radius 2 is 1.97 bits per heavy atom. The van der Waals surface area contributed by atoms with Crippen LogP contribution in [0.25, 0.3) is 6.08 Å². The normalized spacial score (nSPS) is 14.0. The number of halogens is 3. The van der Waals surface area contributed by atoms with Crippen molar-refractivity contribution in [3.63, 3.8) is 0 Å². The molecule has 2 aromatic rings. The van der Waals surface area contributed by atoms with Crippen molar-refractivity contribution in [1.29, 1.82) is 5.26 Å². The van der Waals surface area contributed by atoms with Crippen LogP contribution in [0, 0.1) is 11.3 Å². The zero-order valence-corrected chi connectivity index (χ0v) is 16.3. The lowest BCUT2D eigenvalue weighted by molar-refractivity contribution is -0.153. The Balaban J connectivity index is 1.60. The van der Waals surface area contributed by atoms with Crippen LogP contribution in [-0.2, 0) is 9.59 Å². The summed E-state index contributed by atoms with van der Waals surface area (Å²) in [4.78, 5) is 25.6. The second kappa shape index (κ2) is 9.34. The summed E-state index contributed by atoms with van der Waals surface area (Å²) >= 11 is 0. The van der Waals surface area contributed by atoms with Gasteiger partial charge in [0.1, 0.15) is 11.8 Å². The van der Waals surface area contributed by atoms with Gasteiger partial charge >= 0.3 is 6.18 Å². The summed E-state index contributed by atoms with van der Waals surface area (Å²) in [6, 6.07) is 12.7. The number of ether oxygens (including phenoxy) is 1. The third-order valence-electron chi connectivity index (χ3n) is 4.46. The van der Waals surface area contributed by atoms with E-state index in [4.69, 9.17) is 5.26 Å². The molecule has 6 nitrogen and oxygen atoms in total. The zero-order valence-electron chi connectivity index (χ0n) is 16.3. The van der Waals surface area contributed by atoms with Crippen molar-refractivity contribution in [3.05, 3.63) is 59.7 Å². The summed E-state index contributed by atoms with van der Waals surface area (Å²) in [5.74, 6) is -0.606. The SMILES string of the molecule is N#Cc1cc(NC(=O)C=Cc2ccc(N3CCCC3=O)cc2)ccc1OCC(F)(F)F. The molecule has 0 aliphatic carbocycles. The van der Waals surface area contributed by atoms with Gasteiger partial charge in [0.25, 0.3) is 0 Å². The number of hydrogen-bond acceptors (Lipinski definition) is 4. The van der Waals surface area contributed by atoms with E-state index in [0.29, 0.717) is 13.0 Å². The molecule has 0 bridgehead atoms. The van der Waals surface area contributed by atoms with Gasteiger partial charge in [-0.3, -0.25) is 9.59 Å². The van der Waals surface area contributed by atoms with Gasteiger partial charge in [0, 0.05) is 30.4 Å². The van der Waals surface area contributed by atoms with Crippen LogP contribution in [0.1, 0.15) is 24.0 Å². The zero-order chi connectivity index (χ0) is 22.4. The van der Waals surface area contributed by atoms with Crippen LogP contribution < -0.4 is 15.0 Å². The fraction of sp³-hybridized carbons (Fsp3) is 0.227. The van der Waals surface area contributed by atoms with E-state index in [0.717, 1.165) is 17.7 Å². The number of anilines is 2. The topological polar surface area (TPSA) is 82.4 Å². The molecule has 1 aliphatic rings. The van der Waals surface area contributed by atoms with Crippen molar-refractivity contribution in [2.75, 3.05) is 23.4 Å². The molecule has 0 aromatic heterocycles. The number of carbonyl (C=O) groups excluding carboxylic acids is 2. The summed E-state index contributed by atoms with van der Waals surface area (Å²) in [6.45, 7) is -0.817. The molecule has 0 atom stereocenters. The molecule has 1 fully saturated rings. The lowest BCUT2D eigenvalue weighted by Crippen LogP contribution is -2.23. The van der Waals surface area contributed by atoms with Crippen molar-refractivity contribution in [3.8, 4) is 11.8 Å². The molecule has 3 rings (SSSR count). The van der Waals surface area contributed by atoms with E-state index < -0.39 is 18.7 Å². The number of nitrogens with zero attached hydrogens (tertiary/aromatic N) is 2. The van der Waals surface area contributed by atoms with E-state index in [-0.39, 0.29) is 22.9 Å². The summed E-state index contributed by atoms with van der Waals surface area (Å²) in [5, 5.41) is 11.7. The van der Waals surface area contributed by atoms with Crippen LogP contribution in [0.4, 0.5) is 24.5 Å². The predicted molar refractivity (Wildman–Crippen MR) is 108 cm³/mol. The van der Waals surface area contributed by atoms with Crippen molar-refractivity contribution < 1.29 is 27.5 Å². The first kappa shape index (κ1) is 21.9. The van der Waals surface area contributed by atoms with Gasteiger partial charge in [0.05, 0.1) is 5.56 Å². The molecule has 1 N–H and O–H groups in total. The largest absolute Gasteiger partial charge is 0.483 e. The molecule has 9 heteroatoms. The van der Waals surface area contributed by atoms with Crippen molar-refractivity contribution in [2.24, 2.45) is 0 Å². The Morgan fingerprint density at radius 1 is 1.23 bits per heavy atom. The molecule has 31 heavy (non-hydrogen) atoms. The van der Waals surface area contributed by atoms with Crippen LogP contribution in [0.15, 0.2) is 48.5 Å². The quantitative estimate of drug-likeness (QED) is 0.695. The standard InChI is InChI=1S/C22H18F3N3O3/c23-22(24,25)14-31-19-9-6-17(12-16(19)13-26)27-20(29)10-5-15-3-7-18(8-4-15)28-11-1-2-21(28)30/h3-10,12H,1-2,11,14H2,(H,27,29). The van der Waals surface area contributed by atoms with E-state index in [2.05, 4.69) is 10.1 Å². The molecule has 1 aliphatic heterocycles. The first-order valence-corrected chi connectivity index (χ1v) is 9.38. The lowest BCUT2D eigenvalue weighted by atomic mass is 10.1. The average molecular weight is 429 g/mol. The highest BCUT2D eigenvalue weighted by Gasteiger charge is 2.29. The minimum absolute atomic E-state index is 0.0919. The molecule has 160 valence electrons. The summed E-state index contributed by atoms with van der Waals surface area (Å²) in [5.41, 5.74) is 1.67. The number of hydrogen-bond donors (Lipinski definition) is 1. The van der Waals surface area contributed by atoms with Gasteiger partial charge in [-0.2, -0.15) is 18.4 Å². The minimum atomic E-state index is -4.52. The van der Waals surface area contributed by atoms with Crippen LogP contribution in [-0.4, -0.2) is 31.1 Å². The fourth-order valence-corrected chi connectivity index (χ4v) is 3.02. The number of alkyl halides is 3. The fourth-order valence-electron chi connectivity index (χ4n) is 3.02. The summed E-state index contributed by atoms with van der Waals surface area (Å²) < 4.78 is 41.5. The number of nitrogens with one attached hydrogen (secondary N) is 1. The molecule has 0 saturated carbocycles. The highest BCUT2D eigenvalue weighted by atomic mass is 19.4. The highest BCUT2D eigenvalue weighted by Crippen LogP contribution is 2.25. The van der Waals surface area contributed by atoms with Crippen molar-refractivity contribution >= 4 is 29.3 Å². The van der Waals surface area contributed by atoms with Crippen LogP contribution >= 0.6 is 0 Å². The lowest BCUT2D eigenvalue weighted by Gasteiger charge is -2.15. The third-order valence-corrected chi connectivity index (χ3v) is 4.46. The molecule has 1 heterocycles. The van der Waals surface area contributed by atoms with E-state index >= 15 is 0 Å². The number of benzene rings is 2. The van der Waals surface area contributed by atoms with E-state index in [1.807, 2.05) is 0 Å². The Kier molecular flexibility index (Phi) is 6.60. The van der Waals surface area contributed by atoms with Gasteiger partial charge in [0.15, 0.2) is 6.61 Å². The Bertz CT molecular complexity index is 1040. The molecular weight excluding hydrogens is 411 g/mol. The monoisotopic (exact) mass is 429 g/mol. The number of amides is 2. The molecule has 0 spiro atoms. The van der Waals surface area contributed by atoms with Crippen LogP contribution in [0.3, 0.4) is 0 Å². The van der Waals surface area contributed by atoms with Crippen molar-refractivity contribution in [2.45, 2.75) is 19.0 Å². The van der Waals surface area contributed by atoms with Gasteiger partial charge < -0.3 is 15.0 Å². The number of carbonyl (C=O) groups is 2. The first-order valence-electron chi connectivity index (χ1n) is 9.38. The van der Waals surface area contributed by atoms with Crippen LogP contribution in [0.5, 0.6) is 5.75 Å². The molecule has 0 radical (unpaired) electrons. The molecule has 0 unspecified atom stereocenters. The second-order valence-corrected chi connectivity index (χ2v) is 6.79. The Labute approximate surface area is 176 Å². The van der Waals surface area contributed by atoms with Crippen LogP contribution in [0.2, 0.25) is 0 Å². The van der Waals surface area contributed by atoms with Gasteiger partial charge in [-0.05, 0) is 48.4 Å². The number of rotatable bonds is 6. The maximum absolute atomic E-state index is 12.3. The second-order valence-electron chi connectivity index (χ2n) is 6.79. The predicted octanol–water partition coefficient (Wildman–Crippen LogP) is 4.28. The highest BCUT2D eigenvalue weighted by molar-refractivity contribution is 6.02. The third kappa shape index (κ3) is 6.09.